The van der Waals surface area contributed by atoms with Crippen molar-refractivity contribution in [3.05, 3.63) is 79.5 Å². The summed E-state index contributed by atoms with van der Waals surface area (Å²) in [6.07, 6.45) is 10.2. The third-order valence-corrected chi connectivity index (χ3v) is 6.15. The van der Waals surface area contributed by atoms with Gasteiger partial charge in [-0.25, -0.2) is 4.98 Å². The van der Waals surface area contributed by atoms with E-state index in [2.05, 4.69) is 47.6 Å². The Bertz CT molecular complexity index is 1700. The van der Waals surface area contributed by atoms with Gasteiger partial charge in [0.1, 0.15) is 11.3 Å². The van der Waals surface area contributed by atoms with E-state index in [1.165, 1.54) is 0 Å². The topological polar surface area (TPSA) is 112 Å². The number of aromatic nitrogens is 6. The van der Waals surface area contributed by atoms with Gasteiger partial charge in [0, 0.05) is 53.1 Å². The Hall–Kier alpha value is -4.85. The van der Waals surface area contributed by atoms with E-state index in [4.69, 9.17) is 0 Å². The fourth-order valence-electron chi connectivity index (χ4n) is 4.44. The second-order valence-electron chi connectivity index (χ2n) is 8.64. The third-order valence-electron chi connectivity index (χ3n) is 6.15. The molecule has 6 aromatic rings. The van der Waals surface area contributed by atoms with Crippen molar-refractivity contribution in [3.8, 4) is 33.6 Å². The molecule has 0 radical (unpaired) electrons. The van der Waals surface area contributed by atoms with Crippen LogP contribution in [0.2, 0.25) is 0 Å². The number of carbonyl (C=O) groups excluding carboxylic acids is 1. The lowest BCUT2D eigenvalue weighted by atomic mass is 10.0. The molecule has 0 unspecified atom stereocenters. The monoisotopic (exact) mass is 473 g/mol. The molecule has 5 heterocycles. The van der Waals surface area contributed by atoms with Gasteiger partial charge in [-0.1, -0.05) is 19.1 Å². The Kier molecular flexibility index (Phi) is 5.46. The van der Waals surface area contributed by atoms with Crippen molar-refractivity contribution >= 4 is 33.5 Å². The molecule has 0 spiro atoms. The van der Waals surface area contributed by atoms with Crippen LogP contribution >= 0.6 is 0 Å². The summed E-state index contributed by atoms with van der Waals surface area (Å²) in [5.41, 5.74) is 8.06. The van der Waals surface area contributed by atoms with Crippen molar-refractivity contribution in [2.75, 3.05) is 5.32 Å². The molecule has 1 aromatic carbocycles. The summed E-state index contributed by atoms with van der Waals surface area (Å²) >= 11 is 0. The first-order valence-corrected chi connectivity index (χ1v) is 11.8. The maximum absolute atomic E-state index is 12.0. The number of benzene rings is 1. The van der Waals surface area contributed by atoms with E-state index >= 15 is 0 Å². The van der Waals surface area contributed by atoms with Crippen LogP contribution in [0.5, 0.6) is 0 Å². The molecule has 0 saturated carbocycles. The average Bonchev–Trinajstić information content (AvgIpc) is 3.53. The van der Waals surface area contributed by atoms with Gasteiger partial charge >= 0.3 is 0 Å². The van der Waals surface area contributed by atoms with Crippen LogP contribution in [0.3, 0.4) is 0 Å². The minimum absolute atomic E-state index is 0.0119. The molecule has 3 N–H and O–H groups in total. The number of hydrogen-bond donors (Lipinski definition) is 3. The zero-order valence-corrected chi connectivity index (χ0v) is 19.6. The van der Waals surface area contributed by atoms with E-state index in [0.717, 1.165) is 62.0 Å². The van der Waals surface area contributed by atoms with E-state index in [9.17, 15) is 4.79 Å². The van der Waals surface area contributed by atoms with Crippen molar-refractivity contribution < 1.29 is 4.79 Å². The van der Waals surface area contributed by atoms with Crippen LogP contribution in [0.25, 0.3) is 55.6 Å². The first kappa shape index (κ1) is 21.7. The van der Waals surface area contributed by atoms with Crippen molar-refractivity contribution in [2.45, 2.75) is 19.8 Å². The summed E-state index contributed by atoms with van der Waals surface area (Å²) < 4.78 is 0. The molecular weight excluding hydrogens is 450 g/mol. The molecular formula is C28H23N7O. The van der Waals surface area contributed by atoms with Crippen LogP contribution in [-0.4, -0.2) is 36.0 Å². The van der Waals surface area contributed by atoms with Gasteiger partial charge in [-0.05, 0) is 53.9 Å². The van der Waals surface area contributed by atoms with E-state index in [-0.39, 0.29) is 5.91 Å². The zero-order chi connectivity index (χ0) is 24.5. The number of amides is 1. The van der Waals surface area contributed by atoms with E-state index < -0.39 is 0 Å². The maximum Gasteiger partial charge on any atom is 0.224 e. The predicted octanol–water partition coefficient (Wildman–Crippen LogP) is 5.97. The Labute approximate surface area is 206 Å². The van der Waals surface area contributed by atoms with Crippen molar-refractivity contribution in [1.82, 2.24) is 30.1 Å². The smallest absolute Gasteiger partial charge is 0.224 e. The first-order valence-electron chi connectivity index (χ1n) is 11.8. The number of pyridine rings is 3. The number of H-pyrrole nitrogens is 2. The molecule has 0 aliphatic heterocycles. The second kappa shape index (κ2) is 9.07. The number of nitrogens with one attached hydrogen (secondary N) is 3. The van der Waals surface area contributed by atoms with Crippen molar-refractivity contribution in [1.29, 1.82) is 0 Å². The Morgan fingerprint density at radius 1 is 0.917 bits per heavy atom. The largest absolute Gasteiger partial charge is 0.338 e. The summed E-state index contributed by atoms with van der Waals surface area (Å²) in [5.74, 6) is -0.0119. The number of fused-ring (bicyclic) bond motifs is 2. The normalized spacial score (nSPS) is 11.2. The first-order chi connectivity index (χ1) is 17.7. The molecule has 176 valence electrons. The van der Waals surface area contributed by atoms with E-state index in [1.54, 1.807) is 24.8 Å². The zero-order valence-electron chi connectivity index (χ0n) is 19.6. The highest BCUT2D eigenvalue weighted by atomic mass is 16.1. The minimum atomic E-state index is -0.0119. The molecule has 8 heteroatoms. The van der Waals surface area contributed by atoms with Crippen LogP contribution in [0, 0.1) is 0 Å². The van der Waals surface area contributed by atoms with Crippen LogP contribution in [0.4, 0.5) is 5.69 Å². The maximum atomic E-state index is 12.0. The van der Waals surface area contributed by atoms with Gasteiger partial charge in [-0.3, -0.25) is 19.9 Å². The van der Waals surface area contributed by atoms with Crippen LogP contribution in [-0.2, 0) is 4.79 Å². The molecule has 36 heavy (non-hydrogen) atoms. The van der Waals surface area contributed by atoms with Gasteiger partial charge in [0.05, 0.1) is 23.1 Å². The standard InChI is InChI=1S/C28H23N7O/c1-2-4-26(36)32-20-11-19(15-30-16-20)17-6-7-24-23(12-17)27(35-34-24)25-13-22-21(8-10-31-28(22)33-25)18-5-3-9-29-14-18/h3,5-16H,2,4H2,1H3,(H,31,33)(H,32,36)(H,34,35). The average molecular weight is 474 g/mol. The predicted molar refractivity (Wildman–Crippen MR) is 141 cm³/mol. The minimum Gasteiger partial charge on any atom is -0.338 e. The Morgan fingerprint density at radius 3 is 2.69 bits per heavy atom. The highest BCUT2D eigenvalue weighted by molar-refractivity contribution is 6.00. The van der Waals surface area contributed by atoms with Gasteiger partial charge < -0.3 is 10.3 Å². The number of nitrogens with zero attached hydrogens (tertiary/aromatic N) is 4. The summed E-state index contributed by atoms with van der Waals surface area (Å²) in [6, 6.07) is 16.1. The van der Waals surface area contributed by atoms with Gasteiger partial charge in [-0.15, -0.1) is 0 Å². The van der Waals surface area contributed by atoms with Gasteiger partial charge in [0.15, 0.2) is 0 Å². The molecule has 0 aliphatic rings. The summed E-state index contributed by atoms with van der Waals surface area (Å²) in [5, 5.41) is 12.6. The summed E-state index contributed by atoms with van der Waals surface area (Å²) in [6.45, 7) is 1.98. The van der Waals surface area contributed by atoms with Crippen molar-refractivity contribution in [3.63, 3.8) is 0 Å². The fraction of sp³-hybridized carbons (Fsp3) is 0.107. The lowest BCUT2D eigenvalue weighted by Crippen LogP contribution is -2.10. The highest BCUT2D eigenvalue weighted by Crippen LogP contribution is 2.34. The molecule has 5 aromatic heterocycles. The van der Waals surface area contributed by atoms with E-state index in [0.29, 0.717) is 12.1 Å². The van der Waals surface area contributed by atoms with Gasteiger partial charge in [-0.2, -0.15) is 5.10 Å². The molecule has 0 saturated heterocycles. The second-order valence-corrected chi connectivity index (χ2v) is 8.64. The van der Waals surface area contributed by atoms with E-state index in [1.807, 2.05) is 49.5 Å². The lowest BCUT2D eigenvalue weighted by Gasteiger charge is -2.07. The summed E-state index contributed by atoms with van der Waals surface area (Å²) in [7, 11) is 0. The number of anilines is 1. The number of hydrogen-bond acceptors (Lipinski definition) is 5. The molecule has 0 bridgehead atoms. The van der Waals surface area contributed by atoms with Crippen LogP contribution < -0.4 is 5.32 Å². The Balaban J connectivity index is 1.40. The molecule has 0 atom stereocenters. The lowest BCUT2D eigenvalue weighted by molar-refractivity contribution is -0.116. The molecule has 6 rings (SSSR count). The number of aromatic amines is 2. The number of rotatable bonds is 6. The fourth-order valence-corrected chi connectivity index (χ4v) is 4.44. The highest BCUT2D eigenvalue weighted by Gasteiger charge is 2.15. The number of carbonyl (C=O) groups is 1. The summed E-state index contributed by atoms with van der Waals surface area (Å²) in [4.78, 5) is 28.6. The van der Waals surface area contributed by atoms with Crippen LogP contribution in [0.15, 0.2) is 79.5 Å². The quantitative estimate of drug-likeness (QED) is 0.276. The van der Waals surface area contributed by atoms with Crippen LogP contribution in [0.1, 0.15) is 19.8 Å². The Morgan fingerprint density at radius 2 is 1.83 bits per heavy atom. The van der Waals surface area contributed by atoms with Gasteiger partial charge in [0.2, 0.25) is 5.91 Å². The molecule has 1 amide bonds. The molecule has 8 nitrogen and oxygen atoms in total. The van der Waals surface area contributed by atoms with Gasteiger partial charge in [0.25, 0.3) is 0 Å². The molecule has 0 fully saturated rings. The SMILES string of the molecule is CCCC(=O)Nc1cncc(-c2ccc3[nH]nc(-c4cc5c(-c6cccnc6)ccnc5[nH]4)c3c2)c1. The molecule has 0 aliphatic carbocycles. The third kappa shape index (κ3) is 3.98. The van der Waals surface area contributed by atoms with Crippen molar-refractivity contribution in [2.24, 2.45) is 0 Å².